The average molecular weight is 364 g/mol. The number of nitrogens with zero attached hydrogens (tertiary/aromatic N) is 2. The lowest BCUT2D eigenvalue weighted by atomic mass is 9.93. The largest absolute Gasteiger partial charge is 0.480 e. The summed E-state index contributed by atoms with van der Waals surface area (Å²) in [5.74, 6) is -0.953. The molecule has 1 fully saturated rings. The van der Waals surface area contributed by atoms with Crippen molar-refractivity contribution >= 4 is 5.97 Å². The maximum atomic E-state index is 13.2. The lowest BCUT2D eigenvalue weighted by Crippen LogP contribution is -2.39. The van der Waals surface area contributed by atoms with Crippen molar-refractivity contribution in [2.75, 3.05) is 6.54 Å². The molecule has 0 bridgehead atoms. The van der Waals surface area contributed by atoms with E-state index in [9.17, 15) is 23.1 Å². The molecule has 2 atom stereocenters. The molecule has 1 saturated heterocycles. The summed E-state index contributed by atoms with van der Waals surface area (Å²) in [5, 5.41) is 9.55. The van der Waals surface area contributed by atoms with Gasteiger partial charge in [0.15, 0.2) is 0 Å². The number of carbonyl (C=O) groups is 1. The van der Waals surface area contributed by atoms with Crippen LogP contribution in [0.5, 0.6) is 0 Å². The van der Waals surface area contributed by atoms with Crippen LogP contribution in [-0.4, -0.2) is 33.5 Å². The molecular weight excluding hydrogens is 345 g/mol. The minimum absolute atomic E-state index is 0.433. The fourth-order valence-corrected chi connectivity index (χ4v) is 3.59. The highest BCUT2D eigenvalue weighted by molar-refractivity contribution is 5.74. The molecule has 1 aliphatic rings. The fraction of sp³-hybridized carbons (Fsp3) is 0.368. The summed E-state index contributed by atoms with van der Waals surface area (Å²) in [4.78, 5) is 17.5. The maximum Gasteiger partial charge on any atom is 0.416 e. The van der Waals surface area contributed by atoms with E-state index in [1.807, 2.05) is 6.92 Å². The Bertz CT molecular complexity index is 807. The van der Waals surface area contributed by atoms with Crippen molar-refractivity contribution < 1.29 is 23.1 Å². The molecule has 4 nitrogen and oxygen atoms in total. The molecule has 2 aromatic rings. The van der Waals surface area contributed by atoms with Gasteiger partial charge in [-0.15, -0.1) is 0 Å². The average Bonchev–Trinajstić information content (AvgIpc) is 3.06. The van der Waals surface area contributed by atoms with E-state index < -0.39 is 29.8 Å². The second-order valence-corrected chi connectivity index (χ2v) is 6.49. The number of carboxylic acids is 1. The minimum Gasteiger partial charge on any atom is -0.480 e. The highest BCUT2D eigenvalue weighted by Crippen LogP contribution is 2.38. The van der Waals surface area contributed by atoms with Gasteiger partial charge in [0.2, 0.25) is 0 Å². The van der Waals surface area contributed by atoms with Gasteiger partial charge in [0.05, 0.1) is 11.6 Å². The van der Waals surface area contributed by atoms with E-state index in [0.29, 0.717) is 24.9 Å². The molecule has 0 saturated carbocycles. The number of halogens is 3. The Morgan fingerprint density at radius 2 is 2.12 bits per heavy atom. The molecule has 2 unspecified atom stereocenters. The maximum absolute atomic E-state index is 13.2. The summed E-state index contributed by atoms with van der Waals surface area (Å²) in [6.07, 6.45) is -0.0624. The highest BCUT2D eigenvalue weighted by Gasteiger charge is 2.38. The molecule has 0 spiro atoms. The minimum atomic E-state index is -4.45. The van der Waals surface area contributed by atoms with E-state index >= 15 is 0 Å². The van der Waals surface area contributed by atoms with Gasteiger partial charge in [0, 0.05) is 18.9 Å². The third-order valence-electron chi connectivity index (χ3n) is 4.80. The normalized spacial score (nSPS) is 19.5. The van der Waals surface area contributed by atoms with Crippen molar-refractivity contribution in [2.24, 2.45) is 0 Å². The zero-order valence-corrected chi connectivity index (χ0v) is 14.2. The van der Waals surface area contributed by atoms with Crippen LogP contribution >= 0.6 is 0 Å². The van der Waals surface area contributed by atoms with Crippen molar-refractivity contribution in [1.29, 1.82) is 0 Å². The van der Waals surface area contributed by atoms with Crippen LogP contribution < -0.4 is 0 Å². The van der Waals surface area contributed by atoms with Crippen molar-refractivity contribution in [3.05, 3.63) is 65.0 Å². The zero-order valence-electron chi connectivity index (χ0n) is 14.2. The smallest absolute Gasteiger partial charge is 0.416 e. The van der Waals surface area contributed by atoms with Crippen LogP contribution in [0.15, 0.2) is 42.7 Å². The lowest BCUT2D eigenvalue weighted by molar-refractivity contribution is -0.143. The molecule has 1 N–H and O–H groups in total. The Morgan fingerprint density at radius 3 is 2.77 bits per heavy atom. The molecule has 1 aromatic carbocycles. The van der Waals surface area contributed by atoms with Gasteiger partial charge >= 0.3 is 12.1 Å². The zero-order chi connectivity index (χ0) is 18.9. The third kappa shape index (κ3) is 3.58. The fourth-order valence-electron chi connectivity index (χ4n) is 3.59. The highest BCUT2D eigenvalue weighted by atomic mass is 19.4. The van der Waals surface area contributed by atoms with Gasteiger partial charge in [-0.3, -0.25) is 14.7 Å². The summed E-state index contributed by atoms with van der Waals surface area (Å²) >= 11 is 0. The Kier molecular flexibility index (Phi) is 5.00. The van der Waals surface area contributed by atoms with Crippen LogP contribution in [0.25, 0.3) is 0 Å². The van der Waals surface area contributed by atoms with E-state index in [1.54, 1.807) is 29.4 Å². The van der Waals surface area contributed by atoms with Gasteiger partial charge in [-0.2, -0.15) is 13.2 Å². The molecule has 0 aliphatic carbocycles. The lowest BCUT2D eigenvalue weighted by Gasteiger charge is -2.33. The number of aliphatic carboxylic acids is 1. The molecule has 7 heteroatoms. The molecule has 1 aliphatic heterocycles. The predicted molar refractivity (Wildman–Crippen MR) is 89.6 cm³/mol. The van der Waals surface area contributed by atoms with E-state index in [1.165, 1.54) is 6.07 Å². The van der Waals surface area contributed by atoms with E-state index in [0.717, 1.165) is 23.3 Å². The molecule has 1 aromatic heterocycles. The Balaban J connectivity index is 2.13. The van der Waals surface area contributed by atoms with Gasteiger partial charge in [-0.1, -0.05) is 12.1 Å². The van der Waals surface area contributed by atoms with Crippen LogP contribution in [0, 0.1) is 6.92 Å². The van der Waals surface area contributed by atoms with Gasteiger partial charge in [-0.05, 0) is 54.7 Å². The second kappa shape index (κ2) is 7.07. The number of aryl methyl sites for hydroxylation is 1. The Morgan fingerprint density at radius 1 is 1.35 bits per heavy atom. The molecule has 138 valence electrons. The molecule has 0 amide bonds. The summed E-state index contributed by atoms with van der Waals surface area (Å²) in [6, 6.07) is 5.59. The van der Waals surface area contributed by atoms with Gasteiger partial charge in [-0.25, -0.2) is 0 Å². The van der Waals surface area contributed by atoms with E-state index in [2.05, 4.69) is 4.98 Å². The third-order valence-corrected chi connectivity index (χ3v) is 4.80. The number of hydrogen-bond donors (Lipinski definition) is 1. The first-order chi connectivity index (χ1) is 12.3. The second-order valence-electron chi connectivity index (χ2n) is 6.49. The number of benzene rings is 1. The topological polar surface area (TPSA) is 53.4 Å². The first kappa shape index (κ1) is 18.4. The standard InChI is InChI=1S/C19H19F3N2O2/c1-12-11-23-8-7-15(12)17(24-9-3-6-16(24)18(25)26)13-4-2-5-14(10-13)19(20,21)22/h2,4-5,7-8,10-11,16-17H,3,6,9H2,1H3,(H,25,26). The van der Waals surface area contributed by atoms with Crippen molar-refractivity contribution in [3.8, 4) is 0 Å². The molecule has 3 rings (SSSR count). The van der Waals surface area contributed by atoms with Crippen LogP contribution in [0.2, 0.25) is 0 Å². The number of hydrogen-bond acceptors (Lipinski definition) is 3. The number of likely N-dealkylation sites (tertiary alicyclic amines) is 1. The van der Waals surface area contributed by atoms with Gasteiger partial charge in [0.25, 0.3) is 0 Å². The summed E-state index contributed by atoms with van der Waals surface area (Å²) in [6.45, 7) is 2.34. The Labute approximate surface area is 149 Å². The van der Waals surface area contributed by atoms with Crippen LogP contribution in [0.3, 0.4) is 0 Å². The molecule has 26 heavy (non-hydrogen) atoms. The van der Waals surface area contributed by atoms with Crippen LogP contribution in [-0.2, 0) is 11.0 Å². The van der Waals surface area contributed by atoms with E-state index in [-0.39, 0.29) is 0 Å². The number of rotatable bonds is 4. The van der Waals surface area contributed by atoms with Gasteiger partial charge in [0.1, 0.15) is 6.04 Å². The molecule has 2 heterocycles. The van der Waals surface area contributed by atoms with Crippen LogP contribution in [0.1, 0.15) is 41.1 Å². The first-order valence-corrected chi connectivity index (χ1v) is 8.35. The van der Waals surface area contributed by atoms with Crippen molar-refractivity contribution in [1.82, 2.24) is 9.88 Å². The predicted octanol–water partition coefficient (Wildman–Crippen LogP) is 4.05. The molecule has 0 radical (unpaired) electrons. The van der Waals surface area contributed by atoms with Gasteiger partial charge < -0.3 is 5.11 Å². The molecular formula is C19H19F3N2O2. The van der Waals surface area contributed by atoms with E-state index in [4.69, 9.17) is 0 Å². The quantitative estimate of drug-likeness (QED) is 0.889. The summed E-state index contributed by atoms with van der Waals surface area (Å²) < 4.78 is 39.5. The number of aromatic nitrogens is 1. The van der Waals surface area contributed by atoms with Crippen molar-refractivity contribution in [2.45, 2.75) is 38.0 Å². The first-order valence-electron chi connectivity index (χ1n) is 8.35. The Hall–Kier alpha value is -2.41. The van der Waals surface area contributed by atoms with Crippen LogP contribution in [0.4, 0.5) is 13.2 Å². The summed E-state index contributed by atoms with van der Waals surface area (Å²) in [7, 11) is 0. The number of alkyl halides is 3. The van der Waals surface area contributed by atoms with Crippen molar-refractivity contribution in [3.63, 3.8) is 0 Å². The summed E-state index contributed by atoms with van der Waals surface area (Å²) in [5.41, 5.74) is 1.28. The number of pyridine rings is 1. The SMILES string of the molecule is Cc1cnccc1C(c1cccc(C(F)(F)F)c1)N1CCCC1C(=O)O. The number of carboxylic acid groups (broad SMARTS) is 1. The monoisotopic (exact) mass is 364 g/mol.